The highest BCUT2D eigenvalue weighted by atomic mass is 16.5. The van der Waals surface area contributed by atoms with Gasteiger partial charge in [0.1, 0.15) is 12.4 Å². The molecule has 0 bridgehead atoms. The molecule has 3 rings (SSSR count). The first-order chi connectivity index (χ1) is 13.9. The van der Waals surface area contributed by atoms with E-state index in [0.29, 0.717) is 11.3 Å². The Labute approximate surface area is 170 Å². The molecule has 7 nitrogen and oxygen atoms in total. The van der Waals surface area contributed by atoms with E-state index in [1.54, 1.807) is 14.0 Å². The summed E-state index contributed by atoms with van der Waals surface area (Å²) in [6.07, 6.45) is 0. The van der Waals surface area contributed by atoms with Crippen LogP contribution in [0.25, 0.3) is 0 Å². The largest absolute Gasteiger partial charge is 0.497 e. The van der Waals surface area contributed by atoms with Gasteiger partial charge in [0, 0.05) is 25.5 Å². The van der Waals surface area contributed by atoms with Crippen molar-refractivity contribution < 1.29 is 19.1 Å². The van der Waals surface area contributed by atoms with Gasteiger partial charge in [0.25, 0.3) is 0 Å². The lowest BCUT2D eigenvalue weighted by Crippen LogP contribution is -2.45. The molecule has 0 fully saturated rings. The molecule has 2 N–H and O–H groups in total. The lowest BCUT2D eigenvalue weighted by Gasteiger charge is -2.28. The molecule has 29 heavy (non-hydrogen) atoms. The zero-order valence-electron chi connectivity index (χ0n) is 17.0. The molecular weight excluding hydrogens is 370 g/mol. The molecule has 1 unspecified atom stereocenters. The molecule has 0 radical (unpaired) electrons. The van der Waals surface area contributed by atoms with E-state index in [2.05, 4.69) is 10.6 Å². The summed E-state index contributed by atoms with van der Waals surface area (Å²) in [4.78, 5) is 26.9. The summed E-state index contributed by atoms with van der Waals surface area (Å²) < 4.78 is 10.7. The smallest absolute Gasteiger partial charge is 0.338 e. The number of nitrogens with one attached hydrogen (secondary N) is 2. The lowest BCUT2D eigenvalue weighted by molar-refractivity contribution is -0.140. The van der Waals surface area contributed by atoms with Crippen LogP contribution in [0.5, 0.6) is 5.75 Å². The molecule has 0 aliphatic carbocycles. The zero-order valence-corrected chi connectivity index (χ0v) is 17.0. The van der Waals surface area contributed by atoms with Crippen LogP contribution in [-0.4, -0.2) is 33.2 Å². The van der Waals surface area contributed by atoms with Crippen LogP contribution in [0.2, 0.25) is 0 Å². The maximum atomic E-state index is 12.9. The van der Waals surface area contributed by atoms with Crippen molar-refractivity contribution in [1.29, 1.82) is 0 Å². The molecule has 1 heterocycles. The summed E-state index contributed by atoms with van der Waals surface area (Å²) in [7, 11) is 5.50. The van der Waals surface area contributed by atoms with Gasteiger partial charge in [0.05, 0.1) is 18.7 Å². The average Bonchev–Trinajstić information content (AvgIpc) is 2.72. The minimum absolute atomic E-state index is 0.125. The van der Waals surface area contributed by atoms with Crippen LogP contribution in [0.4, 0.5) is 10.5 Å². The fourth-order valence-corrected chi connectivity index (χ4v) is 3.13. The van der Waals surface area contributed by atoms with Gasteiger partial charge >= 0.3 is 12.0 Å². The minimum atomic E-state index is -0.580. The first-order valence-electron chi connectivity index (χ1n) is 9.24. The molecule has 1 aliphatic rings. The SMILES string of the molecule is COc1ccc(COC(=O)C2=C(C)NC(=O)NC2c2ccc(N(C)C)cc2)cc1. The Hall–Kier alpha value is -3.48. The number of nitrogens with zero attached hydrogens (tertiary/aromatic N) is 1. The first kappa shape index (κ1) is 20.3. The van der Waals surface area contributed by atoms with E-state index in [9.17, 15) is 9.59 Å². The summed E-state index contributed by atoms with van der Waals surface area (Å²) in [5, 5.41) is 5.47. The summed E-state index contributed by atoms with van der Waals surface area (Å²) in [5.41, 5.74) is 3.54. The number of hydrogen-bond acceptors (Lipinski definition) is 5. The van der Waals surface area contributed by atoms with Crippen molar-refractivity contribution in [2.75, 3.05) is 26.1 Å². The van der Waals surface area contributed by atoms with Crippen LogP contribution in [0, 0.1) is 0 Å². The molecule has 0 aromatic heterocycles. The van der Waals surface area contributed by atoms with Gasteiger partial charge in [-0.25, -0.2) is 9.59 Å². The molecule has 0 saturated heterocycles. The fourth-order valence-electron chi connectivity index (χ4n) is 3.13. The van der Waals surface area contributed by atoms with Gasteiger partial charge in [-0.15, -0.1) is 0 Å². The second-order valence-electron chi connectivity index (χ2n) is 6.98. The van der Waals surface area contributed by atoms with Crippen LogP contribution in [0.3, 0.4) is 0 Å². The summed E-state index contributed by atoms with van der Waals surface area (Å²) in [6.45, 7) is 1.82. The van der Waals surface area contributed by atoms with Gasteiger partial charge in [-0.05, 0) is 42.3 Å². The van der Waals surface area contributed by atoms with Gasteiger partial charge in [-0.1, -0.05) is 24.3 Å². The Kier molecular flexibility index (Phi) is 6.07. The van der Waals surface area contributed by atoms with E-state index in [1.807, 2.05) is 67.5 Å². The number of esters is 1. The van der Waals surface area contributed by atoms with Crippen molar-refractivity contribution >= 4 is 17.7 Å². The van der Waals surface area contributed by atoms with Crippen molar-refractivity contribution in [1.82, 2.24) is 10.6 Å². The van der Waals surface area contributed by atoms with Gasteiger partial charge in [0.15, 0.2) is 0 Å². The van der Waals surface area contributed by atoms with Crippen molar-refractivity contribution in [3.05, 3.63) is 70.9 Å². The number of rotatable bonds is 6. The summed E-state index contributed by atoms with van der Waals surface area (Å²) in [5.74, 6) is 0.256. The van der Waals surface area contributed by atoms with E-state index in [-0.39, 0.29) is 12.6 Å². The standard InChI is InChI=1S/C22H25N3O4/c1-14-19(21(26)29-13-15-5-11-18(28-4)12-6-15)20(24-22(27)23-14)16-7-9-17(10-8-16)25(2)3/h5-12,20H,13H2,1-4H3,(H2,23,24,27). The molecule has 2 aromatic carbocycles. The Morgan fingerprint density at radius 1 is 1.07 bits per heavy atom. The average molecular weight is 395 g/mol. The highest BCUT2D eigenvalue weighted by Gasteiger charge is 2.32. The maximum Gasteiger partial charge on any atom is 0.338 e. The van der Waals surface area contributed by atoms with Crippen LogP contribution in [0.1, 0.15) is 24.1 Å². The van der Waals surface area contributed by atoms with Crippen LogP contribution < -0.4 is 20.3 Å². The van der Waals surface area contributed by atoms with E-state index in [0.717, 1.165) is 22.6 Å². The summed E-state index contributed by atoms with van der Waals surface area (Å²) >= 11 is 0. The number of hydrogen-bond donors (Lipinski definition) is 2. The summed E-state index contributed by atoms with van der Waals surface area (Å²) in [6, 6.07) is 14.1. The molecular formula is C22H25N3O4. The van der Waals surface area contributed by atoms with Crippen LogP contribution in [0.15, 0.2) is 59.8 Å². The molecule has 0 saturated carbocycles. The number of carbonyl (C=O) groups excluding carboxylic acids is 2. The molecule has 2 amide bonds. The third-order valence-corrected chi connectivity index (χ3v) is 4.76. The van der Waals surface area contributed by atoms with Gasteiger partial charge in [-0.3, -0.25) is 0 Å². The highest BCUT2D eigenvalue weighted by Crippen LogP contribution is 2.29. The number of amides is 2. The van der Waals surface area contributed by atoms with Crippen molar-refractivity contribution in [2.45, 2.75) is 19.6 Å². The molecule has 1 aliphatic heterocycles. The van der Waals surface area contributed by atoms with Gasteiger partial charge < -0.3 is 25.0 Å². The molecule has 7 heteroatoms. The second kappa shape index (κ2) is 8.68. The Balaban J connectivity index is 1.79. The number of benzene rings is 2. The predicted octanol–water partition coefficient (Wildman–Crippen LogP) is 3.13. The van der Waals surface area contributed by atoms with Gasteiger partial charge in [0.2, 0.25) is 0 Å². The Morgan fingerprint density at radius 2 is 1.72 bits per heavy atom. The van der Waals surface area contributed by atoms with E-state index in [4.69, 9.17) is 9.47 Å². The maximum absolute atomic E-state index is 12.9. The minimum Gasteiger partial charge on any atom is -0.497 e. The number of carbonyl (C=O) groups is 2. The molecule has 152 valence electrons. The van der Waals surface area contributed by atoms with Crippen molar-refractivity contribution in [3.8, 4) is 5.75 Å². The molecule has 2 aromatic rings. The van der Waals surface area contributed by atoms with E-state index in [1.165, 1.54) is 0 Å². The molecule has 0 spiro atoms. The van der Waals surface area contributed by atoms with E-state index < -0.39 is 12.0 Å². The van der Waals surface area contributed by atoms with Gasteiger partial charge in [-0.2, -0.15) is 0 Å². The lowest BCUT2D eigenvalue weighted by atomic mass is 9.95. The van der Waals surface area contributed by atoms with Crippen LogP contribution >= 0.6 is 0 Å². The predicted molar refractivity (Wildman–Crippen MR) is 111 cm³/mol. The van der Waals surface area contributed by atoms with Crippen LogP contribution in [-0.2, 0) is 16.1 Å². The van der Waals surface area contributed by atoms with Crippen molar-refractivity contribution in [2.24, 2.45) is 0 Å². The number of methoxy groups -OCH3 is 1. The Morgan fingerprint density at radius 3 is 2.31 bits per heavy atom. The second-order valence-corrected chi connectivity index (χ2v) is 6.98. The first-order valence-corrected chi connectivity index (χ1v) is 9.24. The fraction of sp³-hybridized carbons (Fsp3) is 0.273. The number of anilines is 1. The quantitative estimate of drug-likeness (QED) is 0.735. The third kappa shape index (κ3) is 4.68. The van der Waals surface area contributed by atoms with Crippen molar-refractivity contribution in [3.63, 3.8) is 0 Å². The Bertz CT molecular complexity index is 918. The third-order valence-electron chi connectivity index (χ3n) is 4.76. The van der Waals surface area contributed by atoms with E-state index >= 15 is 0 Å². The highest BCUT2D eigenvalue weighted by molar-refractivity contribution is 5.95. The number of allylic oxidation sites excluding steroid dienone is 1. The molecule has 1 atom stereocenters. The topological polar surface area (TPSA) is 79.9 Å². The number of ether oxygens (including phenoxy) is 2. The number of urea groups is 1. The monoisotopic (exact) mass is 395 g/mol. The zero-order chi connectivity index (χ0) is 21.0. The normalized spacial score (nSPS) is 16.0.